The van der Waals surface area contributed by atoms with E-state index in [4.69, 9.17) is 31.5 Å². The van der Waals surface area contributed by atoms with Crippen LogP contribution in [0.25, 0.3) is 11.2 Å². The predicted molar refractivity (Wildman–Crippen MR) is 85.5 cm³/mol. The number of esters is 2. The van der Waals surface area contributed by atoms with Gasteiger partial charge < -0.3 is 19.9 Å². The van der Waals surface area contributed by atoms with Crippen molar-refractivity contribution in [3.63, 3.8) is 0 Å². The van der Waals surface area contributed by atoms with Gasteiger partial charge in [-0.15, -0.1) is 0 Å². The third kappa shape index (κ3) is 3.64. The molecule has 0 saturated carbocycles. The highest BCUT2D eigenvalue weighted by atomic mass is 35.5. The Balaban J connectivity index is 1.87. The lowest BCUT2D eigenvalue weighted by Gasteiger charge is -2.17. The number of halogens is 1. The van der Waals surface area contributed by atoms with Crippen molar-refractivity contribution in [2.24, 2.45) is 0 Å². The maximum Gasteiger partial charge on any atom is 0.303 e. The molecule has 0 spiro atoms. The van der Waals surface area contributed by atoms with Crippen molar-refractivity contribution in [2.75, 3.05) is 12.3 Å². The van der Waals surface area contributed by atoms with Crippen LogP contribution in [0.3, 0.4) is 0 Å². The van der Waals surface area contributed by atoms with Crippen LogP contribution in [0.1, 0.15) is 26.5 Å². The molecule has 10 nitrogen and oxygen atoms in total. The largest absolute Gasteiger partial charge is 0.463 e. The quantitative estimate of drug-likeness (QED) is 0.615. The van der Waals surface area contributed by atoms with Crippen molar-refractivity contribution >= 4 is 40.7 Å². The second kappa shape index (κ2) is 6.81. The first kappa shape index (κ1) is 17.4. The van der Waals surface area contributed by atoms with E-state index in [-0.39, 0.29) is 17.7 Å². The Hall–Kier alpha value is -2.46. The normalized spacial score (nSPS) is 22.9. The van der Waals surface area contributed by atoms with E-state index in [0.29, 0.717) is 17.6 Å². The van der Waals surface area contributed by atoms with Gasteiger partial charge in [0.25, 0.3) is 0 Å². The zero-order valence-electron chi connectivity index (χ0n) is 13.5. The summed E-state index contributed by atoms with van der Waals surface area (Å²) >= 11 is 6.02. The first-order valence-corrected chi connectivity index (χ1v) is 7.84. The minimum Gasteiger partial charge on any atom is -0.463 e. The van der Waals surface area contributed by atoms with E-state index in [1.165, 1.54) is 20.2 Å². The number of hydrogen-bond acceptors (Lipinski definition) is 9. The molecule has 2 aromatic rings. The van der Waals surface area contributed by atoms with Crippen LogP contribution in [0.15, 0.2) is 6.33 Å². The first-order chi connectivity index (χ1) is 11.8. The average Bonchev–Trinajstić information content (AvgIpc) is 3.08. The number of hydrogen-bond donors (Lipinski definition) is 1. The molecule has 3 atom stereocenters. The Labute approximate surface area is 147 Å². The zero-order chi connectivity index (χ0) is 18.1. The predicted octanol–water partition coefficient (Wildman–Crippen LogP) is 0.844. The number of nitrogens with zero attached hydrogens (tertiary/aromatic N) is 4. The molecule has 134 valence electrons. The van der Waals surface area contributed by atoms with Gasteiger partial charge in [-0.1, -0.05) is 11.6 Å². The second-order valence-electron chi connectivity index (χ2n) is 5.51. The molecule has 0 radical (unpaired) electrons. The Kier molecular flexibility index (Phi) is 4.73. The molecule has 0 amide bonds. The van der Waals surface area contributed by atoms with Crippen LogP contribution in [0.4, 0.5) is 5.95 Å². The topological polar surface area (TPSA) is 131 Å². The maximum absolute atomic E-state index is 11.3. The Morgan fingerprint density at radius 1 is 1.40 bits per heavy atom. The summed E-state index contributed by atoms with van der Waals surface area (Å²) in [6, 6.07) is 0. The number of carbonyl (C=O) groups is 2. The number of fused-ring (bicyclic) bond motifs is 1. The van der Waals surface area contributed by atoms with E-state index in [0.717, 1.165) is 0 Å². The first-order valence-electron chi connectivity index (χ1n) is 7.46. The Bertz CT molecular complexity index is 825. The third-order valence-electron chi connectivity index (χ3n) is 3.66. The highest BCUT2D eigenvalue weighted by Gasteiger charge is 2.40. The molecule has 0 unspecified atom stereocenters. The summed E-state index contributed by atoms with van der Waals surface area (Å²) in [5.41, 5.74) is 6.42. The summed E-state index contributed by atoms with van der Waals surface area (Å²) in [6.45, 7) is 2.56. The van der Waals surface area contributed by atoms with Gasteiger partial charge in [0.1, 0.15) is 30.6 Å². The van der Waals surface area contributed by atoms with E-state index in [9.17, 15) is 9.59 Å². The molecule has 0 aliphatic carbocycles. The van der Waals surface area contributed by atoms with Crippen LogP contribution in [0.2, 0.25) is 5.15 Å². The minimum absolute atomic E-state index is 0.00486. The van der Waals surface area contributed by atoms with Crippen molar-refractivity contribution in [1.29, 1.82) is 0 Å². The standard InChI is InChI=1S/C14H16ClN5O5/c1-6(21)23-4-9-8(24-7(2)22)3-10(25-9)20-5-17-11-12(15)18-14(16)19-13(11)20/h5,8-10H,3-4H2,1-2H3,(H2,16,18,19)/t8-,9+,10+/m0/s1. The van der Waals surface area contributed by atoms with E-state index >= 15 is 0 Å². The lowest BCUT2D eigenvalue weighted by atomic mass is 10.2. The number of ether oxygens (including phenoxy) is 3. The lowest BCUT2D eigenvalue weighted by Crippen LogP contribution is -2.31. The molecule has 0 aromatic carbocycles. The number of nitrogen functional groups attached to an aromatic ring is 1. The van der Waals surface area contributed by atoms with Gasteiger partial charge >= 0.3 is 11.9 Å². The molecule has 3 rings (SSSR count). The number of nitrogens with two attached hydrogens (primary N) is 1. The Morgan fingerprint density at radius 2 is 2.16 bits per heavy atom. The van der Waals surface area contributed by atoms with Gasteiger partial charge in [0.2, 0.25) is 5.95 Å². The van der Waals surface area contributed by atoms with Crippen molar-refractivity contribution < 1.29 is 23.8 Å². The fourth-order valence-corrected chi connectivity index (χ4v) is 2.89. The molecule has 2 aromatic heterocycles. The van der Waals surface area contributed by atoms with Crippen molar-refractivity contribution in [3.05, 3.63) is 11.5 Å². The second-order valence-corrected chi connectivity index (χ2v) is 5.87. The van der Waals surface area contributed by atoms with Crippen LogP contribution in [-0.4, -0.2) is 50.3 Å². The fraction of sp³-hybridized carbons (Fsp3) is 0.500. The molecule has 1 saturated heterocycles. The van der Waals surface area contributed by atoms with Crippen molar-refractivity contribution in [3.8, 4) is 0 Å². The molecule has 11 heteroatoms. The number of anilines is 1. The van der Waals surface area contributed by atoms with Gasteiger partial charge in [-0.2, -0.15) is 9.97 Å². The number of aromatic nitrogens is 4. The van der Waals surface area contributed by atoms with Crippen LogP contribution < -0.4 is 5.73 Å². The van der Waals surface area contributed by atoms with Crippen LogP contribution >= 0.6 is 11.6 Å². The zero-order valence-corrected chi connectivity index (χ0v) is 14.3. The van der Waals surface area contributed by atoms with E-state index in [2.05, 4.69) is 15.0 Å². The summed E-state index contributed by atoms with van der Waals surface area (Å²) in [5.74, 6) is -0.897. The molecule has 3 heterocycles. The third-order valence-corrected chi connectivity index (χ3v) is 3.92. The van der Waals surface area contributed by atoms with Crippen molar-refractivity contribution in [1.82, 2.24) is 19.5 Å². The molecule has 0 bridgehead atoms. The highest BCUT2D eigenvalue weighted by Crippen LogP contribution is 2.33. The summed E-state index contributed by atoms with van der Waals surface area (Å²) in [7, 11) is 0. The van der Waals surface area contributed by atoms with Crippen LogP contribution in [0.5, 0.6) is 0 Å². The van der Waals surface area contributed by atoms with Gasteiger partial charge in [0, 0.05) is 20.3 Å². The molecular weight excluding hydrogens is 354 g/mol. The number of imidazole rings is 1. The number of carbonyl (C=O) groups excluding carboxylic acids is 2. The monoisotopic (exact) mass is 369 g/mol. The minimum atomic E-state index is -0.607. The summed E-state index contributed by atoms with van der Waals surface area (Å²) in [6.07, 6.45) is 0.103. The smallest absolute Gasteiger partial charge is 0.303 e. The summed E-state index contributed by atoms with van der Waals surface area (Å²) in [5, 5.41) is 0.132. The van der Waals surface area contributed by atoms with Gasteiger partial charge in [-0.3, -0.25) is 14.2 Å². The van der Waals surface area contributed by atoms with Gasteiger partial charge in [-0.05, 0) is 0 Å². The van der Waals surface area contributed by atoms with Crippen LogP contribution in [-0.2, 0) is 23.8 Å². The SMILES string of the molecule is CC(=O)OC[C@H]1O[C@@H](n2cnc3c(Cl)nc(N)nc32)C[C@@H]1OC(C)=O. The van der Waals surface area contributed by atoms with Gasteiger partial charge in [0.15, 0.2) is 10.8 Å². The molecule has 1 aliphatic rings. The molecule has 2 N–H and O–H groups in total. The lowest BCUT2D eigenvalue weighted by molar-refractivity contribution is -0.155. The average molecular weight is 370 g/mol. The van der Waals surface area contributed by atoms with Crippen LogP contribution in [0, 0.1) is 0 Å². The maximum atomic E-state index is 11.3. The molecule has 1 fully saturated rings. The van der Waals surface area contributed by atoms with Crippen molar-refractivity contribution in [2.45, 2.75) is 38.7 Å². The molecule has 25 heavy (non-hydrogen) atoms. The molecular formula is C14H16ClN5O5. The van der Waals surface area contributed by atoms with E-state index in [1.54, 1.807) is 4.57 Å². The summed E-state index contributed by atoms with van der Waals surface area (Å²) < 4.78 is 17.8. The fourth-order valence-electron chi connectivity index (χ4n) is 2.67. The molecule has 1 aliphatic heterocycles. The van der Waals surface area contributed by atoms with E-state index in [1.807, 2.05) is 0 Å². The van der Waals surface area contributed by atoms with Gasteiger partial charge in [0.05, 0.1) is 6.33 Å². The Morgan fingerprint density at radius 3 is 2.84 bits per heavy atom. The number of rotatable bonds is 4. The summed E-state index contributed by atoms with van der Waals surface area (Å²) in [4.78, 5) is 34.5. The highest BCUT2D eigenvalue weighted by molar-refractivity contribution is 6.33. The van der Waals surface area contributed by atoms with E-state index < -0.39 is 30.4 Å². The van der Waals surface area contributed by atoms with Gasteiger partial charge in [-0.25, -0.2) is 4.98 Å².